The molecule has 8 heteroatoms. The van der Waals surface area contributed by atoms with E-state index < -0.39 is 23.9 Å². The fourth-order valence-electron chi connectivity index (χ4n) is 2.37. The molecule has 0 bridgehead atoms. The number of carbonyl (C=O) groups is 1. The van der Waals surface area contributed by atoms with Crippen LogP contribution in [-0.2, 0) is 12.6 Å². The van der Waals surface area contributed by atoms with Crippen LogP contribution in [0.4, 0.5) is 29.3 Å². The summed E-state index contributed by atoms with van der Waals surface area (Å²) in [7, 11) is 0. The van der Waals surface area contributed by atoms with Crippen molar-refractivity contribution in [3.63, 3.8) is 0 Å². The number of benzene rings is 2. The van der Waals surface area contributed by atoms with E-state index in [0.29, 0.717) is 17.7 Å². The Kier molecular flexibility index (Phi) is 6.42. The number of halogens is 3. The first-order valence-electron chi connectivity index (χ1n) is 8.19. The van der Waals surface area contributed by atoms with Gasteiger partial charge in [-0.1, -0.05) is 6.92 Å². The lowest BCUT2D eigenvalue weighted by Gasteiger charge is -2.17. The van der Waals surface area contributed by atoms with Gasteiger partial charge < -0.3 is 15.7 Å². The zero-order chi connectivity index (χ0) is 20.0. The van der Waals surface area contributed by atoms with Gasteiger partial charge >= 0.3 is 12.2 Å². The molecule has 1 unspecified atom stereocenters. The third kappa shape index (κ3) is 5.72. The van der Waals surface area contributed by atoms with Gasteiger partial charge in [0.1, 0.15) is 0 Å². The summed E-state index contributed by atoms with van der Waals surface area (Å²) in [5, 5.41) is 23.6. The highest BCUT2D eigenvalue weighted by Crippen LogP contribution is 2.32. The molecule has 2 rings (SSSR count). The number of alkyl halides is 3. The molecule has 0 saturated heterocycles. The fraction of sp³-hybridized carbons (Fsp3) is 0.263. The number of urea groups is 1. The van der Waals surface area contributed by atoms with E-state index in [1.165, 1.54) is 30.3 Å². The van der Waals surface area contributed by atoms with Gasteiger partial charge in [-0.2, -0.15) is 18.4 Å². The summed E-state index contributed by atoms with van der Waals surface area (Å²) in [6.45, 7) is 1.71. The van der Waals surface area contributed by atoms with Gasteiger partial charge in [0.05, 0.1) is 23.3 Å². The number of rotatable bonds is 5. The van der Waals surface area contributed by atoms with Gasteiger partial charge in [0.15, 0.2) is 0 Å². The molecule has 0 radical (unpaired) electrons. The van der Waals surface area contributed by atoms with Crippen LogP contribution < -0.4 is 10.6 Å². The molecule has 0 heterocycles. The third-order valence-corrected chi connectivity index (χ3v) is 3.88. The number of aliphatic hydroxyl groups excluding tert-OH is 1. The fourth-order valence-corrected chi connectivity index (χ4v) is 2.37. The molecule has 0 aliphatic carbocycles. The number of carbonyl (C=O) groups excluding carboxylic acids is 1. The summed E-state index contributed by atoms with van der Waals surface area (Å²) in [4.78, 5) is 12.2. The second kappa shape index (κ2) is 8.56. The van der Waals surface area contributed by atoms with Crippen LogP contribution in [-0.4, -0.2) is 17.2 Å². The lowest BCUT2D eigenvalue weighted by molar-refractivity contribution is -0.137. The summed E-state index contributed by atoms with van der Waals surface area (Å²) in [5.74, 6) is 0. The number of amides is 2. The molecule has 142 valence electrons. The Morgan fingerprint density at radius 1 is 1.19 bits per heavy atom. The zero-order valence-electron chi connectivity index (χ0n) is 14.5. The predicted molar refractivity (Wildman–Crippen MR) is 95.2 cm³/mol. The molecule has 2 aromatic rings. The number of aliphatic hydroxyl groups is 1. The molecule has 0 saturated carbocycles. The third-order valence-electron chi connectivity index (χ3n) is 3.88. The van der Waals surface area contributed by atoms with Gasteiger partial charge in [0, 0.05) is 17.8 Å². The average Bonchev–Trinajstić information content (AvgIpc) is 2.62. The largest absolute Gasteiger partial charge is 0.416 e. The Morgan fingerprint density at radius 2 is 1.85 bits per heavy atom. The van der Waals surface area contributed by atoms with Crippen molar-refractivity contribution in [3.8, 4) is 6.07 Å². The standard InChI is InChI=1S/C19H18F3N3O2/c1-2-16(26)10-13-9-14(19(20,21)22)5-8-17(13)25-18(27)24-15-6-3-12(11-23)4-7-15/h3-9,16,26H,2,10H2,1H3,(H2,24,25,27). The van der Waals surface area contributed by atoms with Gasteiger partial charge in [0.2, 0.25) is 0 Å². The predicted octanol–water partition coefficient (Wildman–Crippen LogP) is 4.53. The highest BCUT2D eigenvalue weighted by atomic mass is 19.4. The minimum absolute atomic E-state index is 0.0209. The van der Waals surface area contributed by atoms with E-state index in [2.05, 4.69) is 10.6 Å². The summed E-state index contributed by atoms with van der Waals surface area (Å²) < 4.78 is 38.8. The van der Waals surface area contributed by atoms with Crippen molar-refractivity contribution in [3.05, 3.63) is 59.2 Å². The van der Waals surface area contributed by atoms with Gasteiger partial charge in [0.25, 0.3) is 0 Å². The second-order valence-electron chi connectivity index (χ2n) is 5.90. The molecular weight excluding hydrogens is 359 g/mol. The van der Waals surface area contributed by atoms with Crippen LogP contribution in [0, 0.1) is 11.3 Å². The highest BCUT2D eigenvalue weighted by Gasteiger charge is 2.31. The minimum atomic E-state index is -4.52. The van der Waals surface area contributed by atoms with Crippen molar-refractivity contribution in [2.45, 2.75) is 32.0 Å². The van der Waals surface area contributed by atoms with E-state index in [1.807, 2.05) is 6.07 Å². The van der Waals surface area contributed by atoms with Gasteiger partial charge in [-0.25, -0.2) is 4.79 Å². The van der Waals surface area contributed by atoms with E-state index in [-0.39, 0.29) is 17.7 Å². The molecule has 0 aliphatic heterocycles. The monoisotopic (exact) mass is 377 g/mol. The first-order chi connectivity index (χ1) is 12.7. The number of nitriles is 1. The van der Waals surface area contributed by atoms with E-state index in [1.54, 1.807) is 6.92 Å². The normalized spacial score (nSPS) is 12.1. The van der Waals surface area contributed by atoms with Crippen LogP contribution in [0.2, 0.25) is 0 Å². The number of nitrogens with zero attached hydrogens (tertiary/aromatic N) is 1. The smallest absolute Gasteiger partial charge is 0.393 e. The number of nitrogens with one attached hydrogen (secondary N) is 2. The molecule has 0 spiro atoms. The minimum Gasteiger partial charge on any atom is -0.393 e. The molecule has 5 nitrogen and oxygen atoms in total. The first kappa shape index (κ1) is 20.3. The average molecular weight is 377 g/mol. The van der Waals surface area contributed by atoms with Crippen LogP contribution in [0.25, 0.3) is 0 Å². The van der Waals surface area contributed by atoms with Crippen LogP contribution in [0.1, 0.15) is 30.0 Å². The number of hydrogen-bond acceptors (Lipinski definition) is 3. The molecule has 1 atom stereocenters. The van der Waals surface area contributed by atoms with Gasteiger partial charge in [-0.05, 0) is 54.4 Å². The SMILES string of the molecule is CCC(O)Cc1cc(C(F)(F)F)ccc1NC(=O)Nc1ccc(C#N)cc1. The van der Waals surface area contributed by atoms with Crippen LogP contribution in [0.5, 0.6) is 0 Å². The first-order valence-corrected chi connectivity index (χ1v) is 8.19. The molecule has 0 aromatic heterocycles. The molecule has 2 aromatic carbocycles. The van der Waals surface area contributed by atoms with E-state index in [9.17, 15) is 23.1 Å². The lowest BCUT2D eigenvalue weighted by atomic mass is 10.0. The maximum Gasteiger partial charge on any atom is 0.416 e. The zero-order valence-corrected chi connectivity index (χ0v) is 14.5. The Balaban J connectivity index is 2.19. The van der Waals surface area contributed by atoms with Crippen molar-refractivity contribution < 1.29 is 23.1 Å². The van der Waals surface area contributed by atoms with Crippen molar-refractivity contribution >= 4 is 17.4 Å². The molecule has 2 amide bonds. The Hall–Kier alpha value is -3.05. The van der Waals surface area contributed by atoms with Crippen molar-refractivity contribution in [2.75, 3.05) is 10.6 Å². The maximum atomic E-state index is 12.9. The molecule has 3 N–H and O–H groups in total. The quantitative estimate of drug-likeness (QED) is 0.715. The number of anilines is 2. The lowest BCUT2D eigenvalue weighted by Crippen LogP contribution is -2.21. The molecule has 27 heavy (non-hydrogen) atoms. The second-order valence-corrected chi connectivity index (χ2v) is 5.90. The topological polar surface area (TPSA) is 85.2 Å². The van der Waals surface area contributed by atoms with E-state index >= 15 is 0 Å². The van der Waals surface area contributed by atoms with Crippen LogP contribution >= 0.6 is 0 Å². The van der Waals surface area contributed by atoms with E-state index in [4.69, 9.17) is 5.26 Å². The summed E-state index contributed by atoms with van der Waals surface area (Å²) in [6, 6.07) is 10.4. The highest BCUT2D eigenvalue weighted by molar-refractivity contribution is 6.00. The van der Waals surface area contributed by atoms with Gasteiger partial charge in [-0.3, -0.25) is 0 Å². The molecule has 0 fully saturated rings. The van der Waals surface area contributed by atoms with Crippen molar-refractivity contribution in [1.82, 2.24) is 0 Å². The summed E-state index contributed by atoms with van der Waals surface area (Å²) in [6.07, 6.45) is -4.99. The summed E-state index contributed by atoms with van der Waals surface area (Å²) >= 11 is 0. The molecular formula is C19H18F3N3O2. The molecule has 0 aliphatic rings. The Morgan fingerprint density at radius 3 is 2.41 bits per heavy atom. The Bertz CT molecular complexity index is 843. The van der Waals surface area contributed by atoms with Crippen LogP contribution in [0.15, 0.2) is 42.5 Å². The maximum absolute atomic E-state index is 12.9. The van der Waals surface area contributed by atoms with Gasteiger partial charge in [-0.15, -0.1) is 0 Å². The summed E-state index contributed by atoms with van der Waals surface area (Å²) in [5.41, 5.74) is 0.378. The van der Waals surface area contributed by atoms with Crippen molar-refractivity contribution in [1.29, 1.82) is 5.26 Å². The van der Waals surface area contributed by atoms with E-state index in [0.717, 1.165) is 12.1 Å². The van der Waals surface area contributed by atoms with Crippen LogP contribution in [0.3, 0.4) is 0 Å². The number of hydrogen-bond donors (Lipinski definition) is 3. The van der Waals surface area contributed by atoms with Crippen molar-refractivity contribution in [2.24, 2.45) is 0 Å². The Labute approximate surface area is 154 Å².